The van der Waals surface area contributed by atoms with Crippen LogP contribution < -0.4 is 0 Å². The molecule has 1 atom stereocenters. The molecule has 0 bridgehead atoms. The van der Waals surface area contributed by atoms with Crippen molar-refractivity contribution in [2.75, 3.05) is 26.4 Å². The Bertz CT molecular complexity index is 1010. The highest BCUT2D eigenvalue weighted by atomic mass is 16.5. The van der Waals surface area contributed by atoms with Crippen LogP contribution in [-0.4, -0.2) is 55.8 Å². The molecule has 3 aromatic rings. The monoisotopic (exact) mass is 408 g/mol. The Morgan fingerprint density at radius 3 is 2.70 bits per heavy atom. The van der Waals surface area contributed by atoms with Crippen LogP contribution >= 0.6 is 0 Å². The van der Waals surface area contributed by atoms with Crippen LogP contribution in [0.15, 0.2) is 30.3 Å². The second-order valence-electron chi connectivity index (χ2n) is 8.03. The van der Waals surface area contributed by atoms with Crippen LogP contribution in [0.5, 0.6) is 0 Å². The van der Waals surface area contributed by atoms with E-state index in [-0.39, 0.29) is 6.04 Å². The van der Waals surface area contributed by atoms with E-state index in [4.69, 9.17) is 14.6 Å². The Morgan fingerprint density at radius 1 is 1.00 bits per heavy atom. The number of nitrogens with zero attached hydrogens (tertiary/aromatic N) is 6. The quantitative estimate of drug-likeness (QED) is 0.645. The van der Waals surface area contributed by atoms with E-state index in [1.54, 1.807) is 0 Å². The van der Waals surface area contributed by atoms with Crippen LogP contribution in [0.2, 0.25) is 0 Å². The van der Waals surface area contributed by atoms with E-state index in [1.165, 1.54) is 16.8 Å². The van der Waals surface area contributed by atoms with Crippen LogP contribution in [-0.2, 0) is 35.7 Å². The Hall–Kier alpha value is -2.55. The summed E-state index contributed by atoms with van der Waals surface area (Å²) in [6, 6.07) is 10.6. The number of rotatable bonds is 5. The number of hydrogen-bond donors (Lipinski definition) is 0. The van der Waals surface area contributed by atoms with E-state index in [1.807, 2.05) is 6.07 Å². The summed E-state index contributed by atoms with van der Waals surface area (Å²) >= 11 is 0. The van der Waals surface area contributed by atoms with E-state index in [0.717, 1.165) is 56.7 Å². The van der Waals surface area contributed by atoms with Crippen molar-refractivity contribution < 1.29 is 9.47 Å². The molecule has 1 unspecified atom stereocenters. The average molecular weight is 409 g/mol. The molecular weight excluding hydrogens is 380 g/mol. The van der Waals surface area contributed by atoms with Gasteiger partial charge in [0.25, 0.3) is 0 Å². The number of ether oxygens (including phenoxy) is 2. The molecule has 8 nitrogen and oxygen atoms in total. The summed E-state index contributed by atoms with van der Waals surface area (Å²) < 4.78 is 15.7. The van der Waals surface area contributed by atoms with Gasteiger partial charge in [-0.05, 0) is 19.4 Å². The number of hydrogen-bond acceptors (Lipinski definition) is 6. The lowest BCUT2D eigenvalue weighted by molar-refractivity contribution is -0.0153. The van der Waals surface area contributed by atoms with E-state index in [9.17, 15) is 0 Å². The summed E-state index contributed by atoms with van der Waals surface area (Å²) in [6.45, 7) is 10.2. The Balaban J connectivity index is 1.41. The molecule has 2 aromatic heterocycles. The summed E-state index contributed by atoms with van der Waals surface area (Å²) in [5.74, 6) is 1.93. The minimum absolute atomic E-state index is 0.163. The molecule has 0 amide bonds. The number of aromatic nitrogens is 5. The Labute approximate surface area is 176 Å². The first-order valence-corrected chi connectivity index (χ1v) is 10.6. The second kappa shape index (κ2) is 8.29. The van der Waals surface area contributed by atoms with Gasteiger partial charge in [-0.3, -0.25) is 9.58 Å². The number of fused-ring (bicyclic) bond motifs is 1. The Kier molecular flexibility index (Phi) is 5.37. The van der Waals surface area contributed by atoms with Gasteiger partial charge in [0.05, 0.1) is 44.6 Å². The fraction of sp³-hybridized carbons (Fsp3) is 0.500. The van der Waals surface area contributed by atoms with Crippen molar-refractivity contribution in [3.8, 4) is 0 Å². The van der Waals surface area contributed by atoms with Crippen molar-refractivity contribution in [3.63, 3.8) is 0 Å². The van der Waals surface area contributed by atoms with Gasteiger partial charge >= 0.3 is 0 Å². The number of benzene rings is 1. The molecule has 0 saturated carbocycles. The van der Waals surface area contributed by atoms with Gasteiger partial charge in [0, 0.05) is 24.3 Å². The van der Waals surface area contributed by atoms with Gasteiger partial charge in [-0.2, -0.15) is 5.10 Å². The first-order valence-electron chi connectivity index (χ1n) is 10.6. The molecule has 1 fully saturated rings. The van der Waals surface area contributed by atoms with Gasteiger partial charge < -0.3 is 14.0 Å². The first kappa shape index (κ1) is 19.4. The van der Waals surface area contributed by atoms with E-state index in [2.05, 4.69) is 62.5 Å². The standard InChI is InChI=1S/C22H28N6O2/c1-16-22(17(2)28(25-16)12-18-6-4-3-5-7-18)19-14-29-10-8-26(19)13-20-23-24-21-15-30-11-9-27(20)21/h3-7,19H,8-15H2,1-2H3. The predicted octanol–water partition coefficient (Wildman–Crippen LogP) is 2.24. The van der Waals surface area contributed by atoms with E-state index in [0.29, 0.717) is 13.2 Å². The zero-order chi connectivity index (χ0) is 20.5. The van der Waals surface area contributed by atoms with Gasteiger partial charge in [-0.25, -0.2) is 0 Å². The maximum atomic E-state index is 5.89. The predicted molar refractivity (Wildman–Crippen MR) is 111 cm³/mol. The molecule has 0 aliphatic carbocycles. The van der Waals surface area contributed by atoms with Crippen LogP contribution in [0, 0.1) is 13.8 Å². The van der Waals surface area contributed by atoms with Crippen LogP contribution in [0.4, 0.5) is 0 Å². The minimum Gasteiger partial charge on any atom is -0.378 e. The molecular formula is C22H28N6O2. The first-order chi connectivity index (χ1) is 14.7. The average Bonchev–Trinajstić information content (AvgIpc) is 3.30. The third-order valence-corrected chi connectivity index (χ3v) is 6.12. The molecule has 2 aliphatic rings. The zero-order valence-electron chi connectivity index (χ0n) is 17.6. The molecule has 1 aromatic carbocycles. The summed E-state index contributed by atoms with van der Waals surface area (Å²) in [7, 11) is 0. The minimum atomic E-state index is 0.163. The normalized spacial score (nSPS) is 19.7. The Morgan fingerprint density at radius 2 is 1.83 bits per heavy atom. The SMILES string of the molecule is Cc1nn(Cc2ccccc2)c(C)c1C1COCCN1Cc1nnc2n1CCOC2. The summed E-state index contributed by atoms with van der Waals surface area (Å²) in [6.07, 6.45) is 0. The topological polar surface area (TPSA) is 70.2 Å². The fourth-order valence-corrected chi connectivity index (χ4v) is 4.55. The van der Waals surface area contributed by atoms with Crippen LogP contribution in [0.1, 0.15) is 40.2 Å². The van der Waals surface area contributed by atoms with E-state index < -0.39 is 0 Å². The van der Waals surface area contributed by atoms with Gasteiger partial charge in [0.2, 0.25) is 0 Å². The molecule has 158 valence electrons. The molecule has 2 aliphatic heterocycles. The van der Waals surface area contributed by atoms with Crippen molar-refractivity contribution >= 4 is 0 Å². The summed E-state index contributed by atoms with van der Waals surface area (Å²) in [5.41, 5.74) is 4.80. The summed E-state index contributed by atoms with van der Waals surface area (Å²) in [4.78, 5) is 2.46. The molecule has 1 saturated heterocycles. The number of aryl methyl sites for hydroxylation is 1. The molecule has 8 heteroatoms. The van der Waals surface area contributed by atoms with Crippen molar-refractivity contribution in [2.24, 2.45) is 0 Å². The molecule has 30 heavy (non-hydrogen) atoms. The summed E-state index contributed by atoms with van der Waals surface area (Å²) in [5, 5.41) is 13.6. The molecule has 0 radical (unpaired) electrons. The largest absolute Gasteiger partial charge is 0.378 e. The van der Waals surface area contributed by atoms with Crippen molar-refractivity contribution in [2.45, 2.75) is 46.1 Å². The van der Waals surface area contributed by atoms with Gasteiger partial charge in [-0.15, -0.1) is 10.2 Å². The lowest BCUT2D eigenvalue weighted by atomic mass is 10.0. The van der Waals surface area contributed by atoms with Gasteiger partial charge in [0.15, 0.2) is 5.82 Å². The van der Waals surface area contributed by atoms with Crippen molar-refractivity contribution in [1.29, 1.82) is 0 Å². The molecule has 0 spiro atoms. The van der Waals surface area contributed by atoms with Crippen LogP contribution in [0.3, 0.4) is 0 Å². The van der Waals surface area contributed by atoms with Crippen LogP contribution in [0.25, 0.3) is 0 Å². The lowest BCUT2D eigenvalue weighted by Gasteiger charge is -2.35. The second-order valence-corrected chi connectivity index (χ2v) is 8.03. The number of morpholine rings is 1. The fourth-order valence-electron chi connectivity index (χ4n) is 4.55. The van der Waals surface area contributed by atoms with Crippen molar-refractivity contribution in [3.05, 3.63) is 64.5 Å². The maximum Gasteiger partial charge on any atom is 0.159 e. The molecule has 4 heterocycles. The smallest absolute Gasteiger partial charge is 0.159 e. The third kappa shape index (κ3) is 3.66. The highest BCUT2D eigenvalue weighted by molar-refractivity contribution is 5.30. The van der Waals surface area contributed by atoms with Gasteiger partial charge in [0.1, 0.15) is 12.4 Å². The van der Waals surface area contributed by atoms with E-state index >= 15 is 0 Å². The highest BCUT2D eigenvalue weighted by Gasteiger charge is 2.31. The maximum absolute atomic E-state index is 5.89. The highest BCUT2D eigenvalue weighted by Crippen LogP contribution is 2.31. The molecule has 5 rings (SSSR count). The lowest BCUT2D eigenvalue weighted by Crippen LogP contribution is -2.40. The van der Waals surface area contributed by atoms with Gasteiger partial charge in [-0.1, -0.05) is 30.3 Å². The third-order valence-electron chi connectivity index (χ3n) is 6.12. The zero-order valence-corrected chi connectivity index (χ0v) is 17.6. The van der Waals surface area contributed by atoms with Crippen molar-refractivity contribution in [1.82, 2.24) is 29.4 Å². The molecule has 0 N–H and O–H groups in total.